The smallest absolute Gasteiger partial charge is 0.493 e. The van der Waals surface area contributed by atoms with Crippen LogP contribution >= 0.6 is 0 Å². The highest BCUT2D eigenvalue weighted by atomic mass is 16.8. The van der Waals surface area contributed by atoms with Gasteiger partial charge in [-0.15, -0.1) is 15.0 Å². The summed E-state index contributed by atoms with van der Waals surface area (Å²) in [5.41, 5.74) is 5.41. The number of hydrogen-bond donors (Lipinski definition) is 1. The predicted octanol–water partition coefficient (Wildman–Crippen LogP) is 3.38. The highest BCUT2D eigenvalue weighted by Crippen LogP contribution is 2.33. The van der Waals surface area contributed by atoms with Gasteiger partial charge in [-0.05, 0) is 26.8 Å². The van der Waals surface area contributed by atoms with Crippen LogP contribution in [0.2, 0.25) is 0 Å². The maximum absolute atomic E-state index is 13.6. The molecule has 14 nitrogen and oxygen atoms in total. The van der Waals surface area contributed by atoms with Gasteiger partial charge in [-0.25, -0.2) is 9.59 Å². The minimum Gasteiger partial charge on any atom is -0.493 e. The Morgan fingerprint density at radius 2 is 1.57 bits per heavy atom. The second-order valence-corrected chi connectivity index (χ2v) is 8.55. The van der Waals surface area contributed by atoms with Crippen molar-refractivity contribution in [1.29, 1.82) is 0 Å². The summed E-state index contributed by atoms with van der Waals surface area (Å²) in [6.45, 7) is 9.81. The summed E-state index contributed by atoms with van der Waals surface area (Å²) >= 11 is 0. The fourth-order valence-electron chi connectivity index (χ4n) is 3.51. The summed E-state index contributed by atoms with van der Waals surface area (Å²) in [7, 11) is 2.83. The maximum Gasteiger partial charge on any atom is 0.512 e. The first-order chi connectivity index (χ1) is 19.1. The van der Waals surface area contributed by atoms with Gasteiger partial charge in [0.05, 0.1) is 33.0 Å². The molecule has 0 aliphatic heterocycles. The van der Waals surface area contributed by atoms with Crippen molar-refractivity contribution >= 4 is 23.6 Å². The van der Waals surface area contributed by atoms with Crippen molar-refractivity contribution in [2.45, 2.75) is 53.6 Å². The van der Waals surface area contributed by atoms with Crippen LogP contribution in [0.1, 0.15) is 73.8 Å². The van der Waals surface area contributed by atoms with E-state index in [1.54, 1.807) is 27.7 Å². The first kappa shape index (κ1) is 32.3. The lowest BCUT2D eigenvalue weighted by atomic mass is 10.0. The number of carbonyl (C=O) groups excluding carboxylic acids is 3. The average Bonchev–Trinajstić information content (AvgIpc) is 3.36. The molecule has 0 spiro atoms. The quantitative estimate of drug-likeness (QED) is 0.103. The van der Waals surface area contributed by atoms with Gasteiger partial charge in [0.25, 0.3) is 0 Å². The number of benzene rings is 1. The Hall–Kier alpha value is -3.91. The highest BCUT2D eigenvalue weighted by Gasteiger charge is 2.33. The van der Waals surface area contributed by atoms with E-state index >= 15 is 0 Å². The molecule has 1 heterocycles. The summed E-state index contributed by atoms with van der Waals surface area (Å²) in [4.78, 5) is 40.0. The van der Waals surface area contributed by atoms with E-state index in [1.807, 2.05) is 6.92 Å². The lowest BCUT2D eigenvalue weighted by Gasteiger charge is -2.22. The molecule has 2 N–H and O–H groups in total. The number of nitrogens with two attached hydrogens (primary N) is 1. The molecule has 222 valence electrons. The number of aromatic nitrogens is 3. The largest absolute Gasteiger partial charge is 0.512 e. The molecular weight excluding hydrogens is 528 g/mol. The molecule has 1 aromatic heterocycles. The summed E-state index contributed by atoms with van der Waals surface area (Å²) < 4.78 is 37.1. The summed E-state index contributed by atoms with van der Waals surface area (Å²) in [6, 6.07) is 2.78. The van der Waals surface area contributed by atoms with Crippen LogP contribution in [0.25, 0.3) is 0 Å². The number of carbonyl (C=O) groups is 3. The molecule has 0 aliphatic rings. The molecule has 40 heavy (non-hydrogen) atoms. The Labute approximate surface area is 232 Å². The van der Waals surface area contributed by atoms with E-state index in [4.69, 9.17) is 38.9 Å². The zero-order valence-electron chi connectivity index (χ0n) is 23.9. The SMILES string of the molecule is CCOCCC(OCC)OC(=O)OC(C(C)C)n1nc(C(=O)OCC)c(C(=O)c2cc(OC)c(OC)cc2N)n1. The Morgan fingerprint density at radius 1 is 0.925 bits per heavy atom. The van der Waals surface area contributed by atoms with Crippen molar-refractivity contribution in [3.05, 3.63) is 29.1 Å². The van der Waals surface area contributed by atoms with Crippen LogP contribution in [-0.4, -0.2) is 79.8 Å². The Kier molecular flexibility index (Phi) is 12.6. The molecule has 0 fully saturated rings. The first-order valence-electron chi connectivity index (χ1n) is 12.9. The molecule has 2 rings (SSSR count). The fraction of sp³-hybridized carbons (Fsp3) is 0.577. The van der Waals surface area contributed by atoms with Crippen LogP contribution in [0, 0.1) is 5.92 Å². The molecule has 0 amide bonds. The highest BCUT2D eigenvalue weighted by molar-refractivity contribution is 6.15. The zero-order valence-corrected chi connectivity index (χ0v) is 23.9. The van der Waals surface area contributed by atoms with Crippen molar-refractivity contribution in [3.8, 4) is 11.5 Å². The van der Waals surface area contributed by atoms with Gasteiger partial charge < -0.3 is 38.9 Å². The third-order valence-electron chi connectivity index (χ3n) is 5.41. The van der Waals surface area contributed by atoms with Crippen LogP contribution in [-0.2, 0) is 23.7 Å². The molecular formula is C26H38N4O10. The summed E-state index contributed by atoms with van der Waals surface area (Å²) in [5, 5.41) is 8.38. The molecule has 2 unspecified atom stereocenters. The third-order valence-corrected chi connectivity index (χ3v) is 5.41. The molecule has 14 heteroatoms. The minimum absolute atomic E-state index is 0.00877. The predicted molar refractivity (Wildman–Crippen MR) is 141 cm³/mol. The molecule has 2 atom stereocenters. The van der Waals surface area contributed by atoms with Crippen LogP contribution in [0.15, 0.2) is 12.1 Å². The standard InChI is InChI=1S/C26H38N4O10/c1-8-36-12-11-20(37-9-2)39-26(33)40-24(15(4)5)30-28-21(22(29-30)25(32)38-10-3)23(31)16-13-18(34-6)19(35-7)14-17(16)27/h13-15,20,24H,8-12,27H2,1-7H3. The van der Waals surface area contributed by atoms with Gasteiger partial charge >= 0.3 is 12.1 Å². The van der Waals surface area contributed by atoms with E-state index in [-0.39, 0.29) is 35.0 Å². The summed E-state index contributed by atoms with van der Waals surface area (Å²) in [5.74, 6) is -1.48. The molecule has 0 aliphatic carbocycles. The zero-order chi connectivity index (χ0) is 29.8. The van der Waals surface area contributed by atoms with Gasteiger partial charge in [0, 0.05) is 37.3 Å². The number of nitrogens with zero attached hydrogens (tertiary/aromatic N) is 3. The second kappa shape index (κ2) is 15.6. The van der Waals surface area contributed by atoms with Gasteiger partial charge in [-0.2, -0.15) is 0 Å². The summed E-state index contributed by atoms with van der Waals surface area (Å²) in [6.07, 6.45) is -2.82. The van der Waals surface area contributed by atoms with E-state index in [1.165, 1.54) is 26.4 Å². The lowest BCUT2D eigenvalue weighted by molar-refractivity contribution is -0.143. The Morgan fingerprint density at radius 3 is 2.15 bits per heavy atom. The van der Waals surface area contributed by atoms with E-state index < -0.39 is 36.3 Å². The van der Waals surface area contributed by atoms with Crippen molar-refractivity contribution in [2.75, 3.05) is 46.4 Å². The number of nitrogen functional groups attached to an aromatic ring is 1. The van der Waals surface area contributed by atoms with Gasteiger partial charge in [-0.1, -0.05) is 13.8 Å². The monoisotopic (exact) mass is 566 g/mol. The lowest BCUT2D eigenvalue weighted by Crippen LogP contribution is -2.29. The molecule has 1 aromatic carbocycles. The maximum atomic E-state index is 13.6. The Balaban J connectivity index is 2.44. The first-order valence-corrected chi connectivity index (χ1v) is 12.9. The molecule has 0 bridgehead atoms. The van der Waals surface area contributed by atoms with Gasteiger partial charge in [0.2, 0.25) is 24.0 Å². The normalized spacial score (nSPS) is 12.5. The topological polar surface area (TPSA) is 173 Å². The van der Waals surface area contributed by atoms with Gasteiger partial charge in [0.1, 0.15) is 0 Å². The van der Waals surface area contributed by atoms with Crippen LogP contribution in [0.5, 0.6) is 11.5 Å². The van der Waals surface area contributed by atoms with Crippen molar-refractivity contribution in [3.63, 3.8) is 0 Å². The van der Waals surface area contributed by atoms with Crippen molar-refractivity contribution < 1.29 is 47.5 Å². The van der Waals surface area contributed by atoms with E-state index in [9.17, 15) is 14.4 Å². The van der Waals surface area contributed by atoms with Crippen LogP contribution < -0.4 is 15.2 Å². The number of ketones is 1. The van der Waals surface area contributed by atoms with Crippen LogP contribution in [0.4, 0.5) is 10.5 Å². The number of methoxy groups -OCH3 is 2. The molecule has 0 saturated carbocycles. The van der Waals surface area contributed by atoms with Crippen molar-refractivity contribution in [1.82, 2.24) is 15.0 Å². The minimum atomic E-state index is -1.15. The fourth-order valence-corrected chi connectivity index (χ4v) is 3.51. The number of hydrogen-bond acceptors (Lipinski definition) is 13. The van der Waals surface area contributed by atoms with E-state index in [2.05, 4.69) is 10.2 Å². The van der Waals surface area contributed by atoms with E-state index in [0.717, 1.165) is 4.80 Å². The number of rotatable bonds is 16. The van der Waals surface area contributed by atoms with Gasteiger partial charge in [0.15, 0.2) is 17.2 Å². The molecule has 0 saturated heterocycles. The van der Waals surface area contributed by atoms with Gasteiger partial charge in [-0.3, -0.25) is 4.79 Å². The molecule has 2 aromatic rings. The Bertz CT molecular complexity index is 1150. The third kappa shape index (κ3) is 8.29. The van der Waals surface area contributed by atoms with Crippen LogP contribution in [0.3, 0.4) is 0 Å². The average molecular weight is 567 g/mol. The number of ether oxygens (including phenoxy) is 7. The van der Waals surface area contributed by atoms with E-state index in [0.29, 0.717) is 32.0 Å². The van der Waals surface area contributed by atoms with Crippen molar-refractivity contribution in [2.24, 2.45) is 5.92 Å². The second-order valence-electron chi connectivity index (χ2n) is 8.55. The number of esters is 1. The molecule has 0 radical (unpaired) electrons. The number of anilines is 1.